The van der Waals surface area contributed by atoms with Crippen LogP contribution in [0.4, 0.5) is 0 Å². The first-order chi connectivity index (χ1) is 7.74. The zero-order chi connectivity index (χ0) is 11.8. The number of hydrogen-bond acceptors (Lipinski definition) is 2. The SMILES string of the molecule is COCCOc1ccccc1CCC(C)Cl. The van der Waals surface area contributed by atoms with Crippen LogP contribution < -0.4 is 4.74 Å². The van der Waals surface area contributed by atoms with E-state index in [1.165, 1.54) is 5.56 Å². The first-order valence-electron chi connectivity index (χ1n) is 5.57. The molecule has 16 heavy (non-hydrogen) atoms. The maximum atomic E-state index is 5.95. The van der Waals surface area contributed by atoms with Crippen LogP contribution in [-0.2, 0) is 11.2 Å². The van der Waals surface area contributed by atoms with E-state index in [2.05, 4.69) is 6.07 Å². The van der Waals surface area contributed by atoms with E-state index >= 15 is 0 Å². The molecule has 1 unspecified atom stereocenters. The molecule has 1 atom stereocenters. The Balaban J connectivity index is 2.53. The third-order valence-corrected chi connectivity index (χ3v) is 2.55. The van der Waals surface area contributed by atoms with Crippen LogP contribution in [0.2, 0.25) is 0 Å². The van der Waals surface area contributed by atoms with Crippen molar-refractivity contribution in [3.63, 3.8) is 0 Å². The summed E-state index contributed by atoms with van der Waals surface area (Å²) < 4.78 is 10.6. The van der Waals surface area contributed by atoms with Gasteiger partial charge in [0.15, 0.2) is 0 Å². The molecule has 1 rings (SSSR count). The second-order valence-electron chi connectivity index (χ2n) is 3.77. The Morgan fingerprint density at radius 1 is 1.25 bits per heavy atom. The zero-order valence-corrected chi connectivity index (χ0v) is 10.7. The van der Waals surface area contributed by atoms with E-state index in [9.17, 15) is 0 Å². The van der Waals surface area contributed by atoms with Gasteiger partial charge in [-0.05, 0) is 31.4 Å². The van der Waals surface area contributed by atoms with E-state index < -0.39 is 0 Å². The van der Waals surface area contributed by atoms with Crippen LogP contribution in [0, 0.1) is 0 Å². The minimum Gasteiger partial charge on any atom is -0.491 e. The summed E-state index contributed by atoms with van der Waals surface area (Å²) in [6, 6.07) is 8.08. The fourth-order valence-electron chi connectivity index (χ4n) is 1.44. The molecule has 0 heterocycles. The summed E-state index contributed by atoms with van der Waals surface area (Å²) in [5.74, 6) is 0.942. The summed E-state index contributed by atoms with van der Waals surface area (Å²) in [5, 5.41) is 0.201. The van der Waals surface area contributed by atoms with Crippen LogP contribution in [0.25, 0.3) is 0 Å². The molecule has 0 aromatic heterocycles. The molecule has 0 aliphatic carbocycles. The average Bonchev–Trinajstić information content (AvgIpc) is 2.28. The normalized spacial score (nSPS) is 12.4. The topological polar surface area (TPSA) is 18.5 Å². The van der Waals surface area contributed by atoms with Crippen LogP contribution in [-0.4, -0.2) is 25.7 Å². The van der Waals surface area contributed by atoms with Gasteiger partial charge in [-0.25, -0.2) is 0 Å². The Kier molecular flexibility index (Phi) is 6.27. The van der Waals surface area contributed by atoms with E-state index in [0.717, 1.165) is 18.6 Å². The van der Waals surface area contributed by atoms with E-state index in [4.69, 9.17) is 21.1 Å². The Hall–Kier alpha value is -0.730. The van der Waals surface area contributed by atoms with Crippen LogP contribution >= 0.6 is 11.6 Å². The van der Waals surface area contributed by atoms with Gasteiger partial charge in [0.1, 0.15) is 12.4 Å². The number of para-hydroxylation sites is 1. The lowest BCUT2D eigenvalue weighted by molar-refractivity contribution is 0.145. The number of hydrogen-bond donors (Lipinski definition) is 0. The van der Waals surface area contributed by atoms with Gasteiger partial charge in [-0.2, -0.15) is 0 Å². The maximum absolute atomic E-state index is 5.95. The highest BCUT2D eigenvalue weighted by molar-refractivity contribution is 6.20. The second kappa shape index (κ2) is 7.53. The third kappa shape index (κ3) is 4.86. The van der Waals surface area contributed by atoms with Crippen molar-refractivity contribution in [2.45, 2.75) is 25.1 Å². The minimum atomic E-state index is 0.201. The standard InChI is InChI=1S/C13H19ClO2/c1-11(14)7-8-12-5-3-4-6-13(12)16-10-9-15-2/h3-6,11H,7-10H2,1-2H3. The van der Waals surface area contributed by atoms with Crippen LogP contribution in [0.1, 0.15) is 18.9 Å². The molecule has 0 spiro atoms. The summed E-state index contributed by atoms with van der Waals surface area (Å²) >= 11 is 5.95. The molecule has 0 fully saturated rings. The lowest BCUT2D eigenvalue weighted by Gasteiger charge is -2.11. The van der Waals surface area contributed by atoms with Gasteiger partial charge in [-0.3, -0.25) is 0 Å². The van der Waals surface area contributed by atoms with E-state index in [1.807, 2.05) is 25.1 Å². The molecule has 2 nitrogen and oxygen atoms in total. The molecule has 0 radical (unpaired) electrons. The number of halogens is 1. The molecule has 0 aliphatic heterocycles. The molecule has 0 saturated carbocycles. The number of methoxy groups -OCH3 is 1. The summed E-state index contributed by atoms with van der Waals surface area (Å²) in [6.45, 7) is 3.21. The highest BCUT2D eigenvalue weighted by Crippen LogP contribution is 2.20. The van der Waals surface area contributed by atoms with Crippen molar-refractivity contribution in [3.05, 3.63) is 29.8 Å². The molecular formula is C13H19ClO2. The smallest absolute Gasteiger partial charge is 0.122 e. The maximum Gasteiger partial charge on any atom is 0.122 e. The average molecular weight is 243 g/mol. The van der Waals surface area contributed by atoms with E-state index in [0.29, 0.717) is 13.2 Å². The van der Waals surface area contributed by atoms with E-state index in [1.54, 1.807) is 7.11 Å². The highest BCUT2D eigenvalue weighted by atomic mass is 35.5. The van der Waals surface area contributed by atoms with Crippen LogP contribution in [0.3, 0.4) is 0 Å². The fraction of sp³-hybridized carbons (Fsp3) is 0.538. The van der Waals surface area contributed by atoms with Gasteiger partial charge in [0, 0.05) is 12.5 Å². The van der Waals surface area contributed by atoms with Crippen LogP contribution in [0.5, 0.6) is 5.75 Å². The zero-order valence-electron chi connectivity index (χ0n) is 9.91. The Morgan fingerprint density at radius 2 is 2.00 bits per heavy atom. The van der Waals surface area contributed by atoms with Gasteiger partial charge in [-0.1, -0.05) is 18.2 Å². The molecule has 0 amide bonds. The van der Waals surface area contributed by atoms with Gasteiger partial charge in [0.05, 0.1) is 6.61 Å². The highest BCUT2D eigenvalue weighted by Gasteiger charge is 2.04. The fourth-order valence-corrected chi connectivity index (χ4v) is 1.55. The minimum absolute atomic E-state index is 0.201. The second-order valence-corrected chi connectivity index (χ2v) is 4.51. The molecule has 0 N–H and O–H groups in total. The van der Waals surface area contributed by atoms with Crippen molar-refractivity contribution in [2.75, 3.05) is 20.3 Å². The Labute approximate surface area is 103 Å². The quantitative estimate of drug-likeness (QED) is 0.540. The van der Waals surface area contributed by atoms with Crippen molar-refractivity contribution in [1.29, 1.82) is 0 Å². The summed E-state index contributed by atoms with van der Waals surface area (Å²) in [7, 11) is 1.67. The van der Waals surface area contributed by atoms with Gasteiger partial charge in [0.25, 0.3) is 0 Å². The predicted octanol–water partition coefficient (Wildman–Crippen LogP) is 3.27. The van der Waals surface area contributed by atoms with Crippen molar-refractivity contribution < 1.29 is 9.47 Å². The molecular weight excluding hydrogens is 224 g/mol. The van der Waals surface area contributed by atoms with Crippen LogP contribution in [0.15, 0.2) is 24.3 Å². The Bertz CT molecular complexity index is 300. The van der Waals surface area contributed by atoms with Crippen molar-refractivity contribution in [3.8, 4) is 5.75 Å². The number of ether oxygens (including phenoxy) is 2. The van der Waals surface area contributed by atoms with Crippen molar-refractivity contribution in [1.82, 2.24) is 0 Å². The van der Waals surface area contributed by atoms with Gasteiger partial charge >= 0.3 is 0 Å². The number of alkyl halides is 1. The first-order valence-corrected chi connectivity index (χ1v) is 6.01. The molecule has 3 heteroatoms. The largest absolute Gasteiger partial charge is 0.491 e. The number of rotatable bonds is 7. The van der Waals surface area contributed by atoms with Gasteiger partial charge in [-0.15, -0.1) is 11.6 Å². The van der Waals surface area contributed by atoms with Crippen molar-refractivity contribution >= 4 is 11.6 Å². The number of aryl methyl sites for hydroxylation is 1. The number of benzene rings is 1. The summed E-state index contributed by atoms with van der Waals surface area (Å²) in [6.07, 6.45) is 1.92. The molecule has 0 saturated heterocycles. The molecule has 0 aliphatic rings. The molecule has 1 aromatic carbocycles. The third-order valence-electron chi connectivity index (χ3n) is 2.33. The predicted molar refractivity (Wildman–Crippen MR) is 67.4 cm³/mol. The molecule has 0 bridgehead atoms. The van der Waals surface area contributed by atoms with E-state index in [-0.39, 0.29) is 5.38 Å². The lowest BCUT2D eigenvalue weighted by Crippen LogP contribution is -2.06. The van der Waals surface area contributed by atoms with Gasteiger partial charge in [0.2, 0.25) is 0 Å². The van der Waals surface area contributed by atoms with Gasteiger partial charge < -0.3 is 9.47 Å². The molecule has 1 aromatic rings. The Morgan fingerprint density at radius 3 is 2.69 bits per heavy atom. The monoisotopic (exact) mass is 242 g/mol. The lowest BCUT2D eigenvalue weighted by atomic mass is 10.1. The summed E-state index contributed by atoms with van der Waals surface area (Å²) in [4.78, 5) is 0. The van der Waals surface area contributed by atoms with Crippen molar-refractivity contribution in [2.24, 2.45) is 0 Å². The first kappa shape index (κ1) is 13.3. The summed E-state index contributed by atoms with van der Waals surface area (Å²) in [5.41, 5.74) is 1.21. The molecule has 90 valence electrons.